The molecule has 27 heavy (non-hydrogen) atoms. The third-order valence-corrected chi connectivity index (χ3v) is 4.81. The van der Waals surface area contributed by atoms with Gasteiger partial charge in [0, 0.05) is 5.69 Å². The van der Waals surface area contributed by atoms with E-state index in [4.69, 9.17) is 10.5 Å². The molecule has 1 atom stereocenters. The molecule has 0 radical (unpaired) electrons. The summed E-state index contributed by atoms with van der Waals surface area (Å²) in [5.41, 5.74) is 8.31. The Kier molecular flexibility index (Phi) is 8.61. The Balaban J connectivity index is 0.00000261. The van der Waals surface area contributed by atoms with Gasteiger partial charge in [0.25, 0.3) is 0 Å². The molecule has 2 aromatic carbocycles. The van der Waals surface area contributed by atoms with Crippen LogP contribution in [0.5, 0.6) is 5.75 Å². The smallest absolute Gasteiger partial charge is 0.193 e. The lowest BCUT2D eigenvalue weighted by molar-refractivity contribution is 0.168. The largest absolute Gasteiger partial charge is 0.497 e. The van der Waals surface area contributed by atoms with Gasteiger partial charge in [-0.25, -0.2) is 0 Å². The summed E-state index contributed by atoms with van der Waals surface area (Å²) in [6.07, 6.45) is 3.80. The molecule has 0 aliphatic carbocycles. The molecule has 1 saturated heterocycles. The monoisotopic (exact) mass is 432 g/mol. The fourth-order valence-corrected chi connectivity index (χ4v) is 3.38. The molecule has 146 valence electrons. The molecule has 1 unspecified atom stereocenters. The molecule has 3 rings (SSSR count). The average Bonchev–Trinajstić information content (AvgIpc) is 2.70. The van der Waals surface area contributed by atoms with E-state index in [-0.39, 0.29) is 23.0 Å². The first-order valence-corrected chi connectivity index (χ1v) is 9.26. The van der Waals surface area contributed by atoms with Crippen LogP contribution in [0.2, 0.25) is 0 Å². The predicted octanol–water partition coefficient (Wildman–Crippen LogP) is 4.23. The summed E-state index contributed by atoms with van der Waals surface area (Å²) < 4.78 is 5.29. The van der Waals surface area contributed by atoms with Crippen LogP contribution in [0.4, 0.5) is 5.69 Å². The number of piperidine rings is 1. The van der Waals surface area contributed by atoms with Gasteiger partial charge >= 0.3 is 0 Å². The lowest BCUT2D eigenvalue weighted by atomic mass is 10.0. The highest BCUT2D eigenvalue weighted by atomic mass is 79.9. The summed E-state index contributed by atoms with van der Waals surface area (Å²) in [4.78, 5) is 7.14. The second-order valence-corrected chi connectivity index (χ2v) is 6.60. The van der Waals surface area contributed by atoms with E-state index in [1.807, 2.05) is 42.5 Å². The third-order valence-electron chi connectivity index (χ3n) is 4.81. The van der Waals surface area contributed by atoms with Crippen LogP contribution < -0.4 is 15.8 Å². The second kappa shape index (κ2) is 10.9. The highest BCUT2D eigenvalue weighted by Crippen LogP contribution is 2.26. The average molecular weight is 433 g/mol. The Morgan fingerprint density at radius 1 is 1.07 bits per heavy atom. The summed E-state index contributed by atoms with van der Waals surface area (Å²) in [5.74, 6) is 1.33. The molecule has 1 heterocycles. The molecule has 1 aliphatic rings. The zero-order valence-corrected chi connectivity index (χ0v) is 17.5. The Morgan fingerprint density at radius 2 is 1.74 bits per heavy atom. The number of ether oxygens (including phenoxy) is 1. The van der Waals surface area contributed by atoms with Crippen molar-refractivity contribution in [3.63, 3.8) is 0 Å². The first-order valence-electron chi connectivity index (χ1n) is 9.26. The van der Waals surface area contributed by atoms with E-state index < -0.39 is 0 Å². The van der Waals surface area contributed by atoms with Gasteiger partial charge in [-0.3, -0.25) is 9.89 Å². The maximum atomic E-state index is 6.11. The van der Waals surface area contributed by atoms with Crippen LogP contribution in [0.3, 0.4) is 0 Å². The molecule has 0 bridgehead atoms. The highest BCUT2D eigenvalue weighted by molar-refractivity contribution is 8.93. The van der Waals surface area contributed by atoms with E-state index in [9.17, 15) is 0 Å². The van der Waals surface area contributed by atoms with Gasteiger partial charge in [-0.15, -0.1) is 17.0 Å². The summed E-state index contributed by atoms with van der Waals surface area (Å²) in [6.45, 7) is 2.86. The number of nitrogens with two attached hydrogens (primary N) is 1. The maximum Gasteiger partial charge on any atom is 0.193 e. The number of rotatable bonds is 6. The van der Waals surface area contributed by atoms with Crippen molar-refractivity contribution in [2.75, 3.05) is 32.1 Å². The van der Waals surface area contributed by atoms with Gasteiger partial charge in [0.1, 0.15) is 5.75 Å². The Morgan fingerprint density at radius 3 is 2.37 bits per heavy atom. The number of nitrogens with one attached hydrogen (secondary N) is 1. The van der Waals surface area contributed by atoms with Crippen molar-refractivity contribution >= 4 is 28.6 Å². The van der Waals surface area contributed by atoms with Crippen molar-refractivity contribution in [3.8, 4) is 5.75 Å². The van der Waals surface area contributed by atoms with E-state index >= 15 is 0 Å². The first kappa shape index (κ1) is 21.3. The summed E-state index contributed by atoms with van der Waals surface area (Å²) in [6, 6.07) is 18.4. The zero-order chi connectivity index (χ0) is 18.2. The molecule has 3 N–H and O–H groups in total. The van der Waals surface area contributed by atoms with Gasteiger partial charge in [0.2, 0.25) is 0 Å². The normalized spacial score (nSPS) is 16.3. The Bertz CT molecular complexity index is 700. The van der Waals surface area contributed by atoms with Gasteiger partial charge in [-0.05, 0) is 55.8 Å². The van der Waals surface area contributed by atoms with Crippen LogP contribution in [0.15, 0.2) is 59.6 Å². The zero-order valence-electron chi connectivity index (χ0n) is 15.8. The number of halogens is 1. The number of para-hydroxylation sites is 1. The molecule has 1 aliphatic heterocycles. The molecule has 1 fully saturated rings. The van der Waals surface area contributed by atoms with Gasteiger partial charge in [-0.2, -0.15) is 0 Å². The number of likely N-dealkylation sites (tertiary alicyclic amines) is 1. The van der Waals surface area contributed by atoms with Crippen LogP contribution in [0, 0.1) is 0 Å². The second-order valence-electron chi connectivity index (χ2n) is 6.60. The Labute approximate surface area is 172 Å². The SMILES string of the molecule is Br.COc1ccc(C(CN=C(N)Nc2ccccc2)N2CCCCC2)cc1. The van der Waals surface area contributed by atoms with Crippen molar-refractivity contribution in [2.45, 2.75) is 25.3 Å². The van der Waals surface area contributed by atoms with Crippen molar-refractivity contribution < 1.29 is 4.74 Å². The molecular weight excluding hydrogens is 404 g/mol. The molecular formula is C21H29BrN4O. The van der Waals surface area contributed by atoms with Gasteiger partial charge < -0.3 is 15.8 Å². The van der Waals surface area contributed by atoms with Crippen LogP contribution in [-0.4, -0.2) is 37.6 Å². The highest BCUT2D eigenvalue weighted by Gasteiger charge is 2.22. The standard InChI is InChI=1S/C21H28N4O.BrH/c1-26-19-12-10-17(11-13-19)20(25-14-6-3-7-15-25)16-23-21(22)24-18-8-4-2-5-9-18;/h2,4-5,8-13,20H,3,6-7,14-16H2,1H3,(H3,22,23,24);1H. The minimum Gasteiger partial charge on any atom is -0.497 e. The fourth-order valence-electron chi connectivity index (χ4n) is 3.38. The number of benzene rings is 2. The van der Waals surface area contributed by atoms with Crippen molar-refractivity contribution in [1.82, 2.24) is 4.90 Å². The van der Waals surface area contributed by atoms with E-state index in [0.717, 1.165) is 24.5 Å². The van der Waals surface area contributed by atoms with Gasteiger partial charge in [0.05, 0.1) is 19.7 Å². The molecule has 0 spiro atoms. The predicted molar refractivity (Wildman–Crippen MR) is 118 cm³/mol. The van der Waals surface area contributed by atoms with Crippen molar-refractivity contribution in [2.24, 2.45) is 10.7 Å². The van der Waals surface area contributed by atoms with Crippen LogP contribution >= 0.6 is 17.0 Å². The molecule has 2 aromatic rings. The lowest BCUT2D eigenvalue weighted by Crippen LogP contribution is -2.36. The molecule has 6 heteroatoms. The Hall–Kier alpha value is -2.05. The van der Waals surface area contributed by atoms with Crippen LogP contribution in [0.25, 0.3) is 0 Å². The van der Waals surface area contributed by atoms with Crippen LogP contribution in [0.1, 0.15) is 30.9 Å². The number of methoxy groups -OCH3 is 1. The molecule has 0 amide bonds. The van der Waals surface area contributed by atoms with Gasteiger partial charge in [0.15, 0.2) is 5.96 Å². The first-order chi connectivity index (χ1) is 12.8. The van der Waals surface area contributed by atoms with Crippen molar-refractivity contribution in [1.29, 1.82) is 0 Å². The number of aliphatic imine (C=N–C) groups is 1. The van der Waals surface area contributed by atoms with E-state index in [1.54, 1.807) is 7.11 Å². The molecule has 5 nitrogen and oxygen atoms in total. The topological polar surface area (TPSA) is 62.9 Å². The number of nitrogens with zero attached hydrogens (tertiary/aromatic N) is 2. The minimum atomic E-state index is 0. The fraction of sp³-hybridized carbons (Fsp3) is 0.381. The number of anilines is 1. The number of hydrogen-bond acceptors (Lipinski definition) is 3. The quantitative estimate of drug-likeness (QED) is 0.529. The maximum absolute atomic E-state index is 6.11. The molecule has 0 saturated carbocycles. The van der Waals surface area contributed by atoms with E-state index in [0.29, 0.717) is 12.5 Å². The van der Waals surface area contributed by atoms with Crippen molar-refractivity contribution in [3.05, 3.63) is 60.2 Å². The van der Waals surface area contributed by atoms with E-state index in [2.05, 4.69) is 27.3 Å². The summed E-state index contributed by atoms with van der Waals surface area (Å²) in [7, 11) is 1.69. The molecule has 0 aromatic heterocycles. The number of guanidine groups is 1. The third kappa shape index (κ3) is 6.26. The summed E-state index contributed by atoms with van der Waals surface area (Å²) in [5, 5.41) is 3.16. The lowest BCUT2D eigenvalue weighted by Gasteiger charge is -2.34. The number of hydrogen-bond donors (Lipinski definition) is 2. The van der Waals surface area contributed by atoms with Gasteiger partial charge in [-0.1, -0.05) is 36.8 Å². The minimum absolute atomic E-state index is 0. The summed E-state index contributed by atoms with van der Waals surface area (Å²) >= 11 is 0. The van der Waals surface area contributed by atoms with E-state index in [1.165, 1.54) is 24.8 Å². The van der Waals surface area contributed by atoms with Crippen LogP contribution in [-0.2, 0) is 0 Å².